The van der Waals surface area contributed by atoms with Crippen molar-refractivity contribution in [2.24, 2.45) is 0 Å². The van der Waals surface area contributed by atoms with Crippen molar-refractivity contribution in [1.29, 1.82) is 0 Å². The second kappa shape index (κ2) is 3.01. The number of fused-ring (bicyclic) bond motifs is 1. The van der Waals surface area contributed by atoms with Crippen LogP contribution < -0.4 is 10.2 Å². The first kappa shape index (κ1) is 8.53. The zero-order chi connectivity index (χ0) is 9.42. The Morgan fingerprint density at radius 1 is 1.38 bits per heavy atom. The fourth-order valence-electron chi connectivity index (χ4n) is 1.49. The number of benzene rings is 1. The molecule has 0 aliphatic carbocycles. The zero-order valence-electron chi connectivity index (χ0n) is 6.83. The Morgan fingerprint density at radius 3 is 2.85 bits per heavy atom. The molecule has 0 aromatic heterocycles. The Bertz CT molecular complexity index is 340. The molecule has 68 valence electrons. The van der Waals surface area contributed by atoms with E-state index < -0.39 is 12.9 Å². The Hall–Kier alpha value is -1.07. The van der Waals surface area contributed by atoms with Gasteiger partial charge in [0, 0.05) is 6.42 Å². The number of rotatable bonds is 1. The van der Waals surface area contributed by atoms with Crippen LogP contribution in [0.15, 0.2) is 12.1 Å². The maximum absolute atomic E-state index is 13.1. The Balaban J connectivity index is 2.58. The van der Waals surface area contributed by atoms with Gasteiger partial charge in [0.15, 0.2) is 0 Å². The lowest BCUT2D eigenvalue weighted by molar-refractivity contribution is 0.354. The topological polar surface area (TPSA) is 49.7 Å². The summed E-state index contributed by atoms with van der Waals surface area (Å²) in [5.74, 6) is -0.356. The summed E-state index contributed by atoms with van der Waals surface area (Å²) in [4.78, 5) is 0. The van der Waals surface area contributed by atoms with E-state index in [1.54, 1.807) is 6.07 Å². The lowest BCUT2D eigenvalue weighted by atomic mass is 9.78. The van der Waals surface area contributed by atoms with Gasteiger partial charge in [-0.05, 0) is 11.6 Å². The summed E-state index contributed by atoms with van der Waals surface area (Å²) < 4.78 is 18.2. The van der Waals surface area contributed by atoms with Gasteiger partial charge in [0.2, 0.25) is 0 Å². The first-order chi connectivity index (χ1) is 6.20. The van der Waals surface area contributed by atoms with E-state index in [2.05, 4.69) is 0 Å². The highest BCUT2D eigenvalue weighted by molar-refractivity contribution is 6.60. The van der Waals surface area contributed by atoms with Crippen LogP contribution in [0.5, 0.6) is 5.75 Å². The van der Waals surface area contributed by atoms with E-state index in [-0.39, 0.29) is 11.2 Å². The molecule has 0 saturated carbocycles. The van der Waals surface area contributed by atoms with Gasteiger partial charge in [-0.25, -0.2) is 4.39 Å². The third kappa shape index (κ3) is 1.30. The summed E-state index contributed by atoms with van der Waals surface area (Å²) >= 11 is 0. The van der Waals surface area contributed by atoms with Crippen molar-refractivity contribution in [2.45, 2.75) is 6.42 Å². The van der Waals surface area contributed by atoms with Gasteiger partial charge in [0.25, 0.3) is 0 Å². The van der Waals surface area contributed by atoms with Gasteiger partial charge in [-0.15, -0.1) is 0 Å². The molecule has 2 N–H and O–H groups in total. The van der Waals surface area contributed by atoms with Crippen LogP contribution in [0.3, 0.4) is 0 Å². The normalized spacial score (nSPS) is 13.8. The summed E-state index contributed by atoms with van der Waals surface area (Å²) in [7, 11) is -1.81. The fraction of sp³-hybridized carbons (Fsp3) is 0.250. The minimum atomic E-state index is -1.81. The molecule has 0 amide bonds. The van der Waals surface area contributed by atoms with Crippen molar-refractivity contribution in [3.63, 3.8) is 0 Å². The standard InChI is InChI=1S/C8H8BFO3/c10-6-2-1-5-3-4-13-8(5)7(6)9(11)12/h1-2,11-12H,3-4H2. The molecular formula is C8H8BFO3. The highest BCUT2D eigenvalue weighted by Gasteiger charge is 2.27. The molecule has 0 saturated heterocycles. The minimum Gasteiger partial charge on any atom is -0.493 e. The highest BCUT2D eigenvalue weighted by Crippen LogP contribution is 2.23. The van der Waals surface area contributed by atoms with Crippen molar-refractivity contribution in [3.05, 3.63) is 23.5 Å². The van der Waals surface area contributed by atoms with Crippen LogP contribution in [-0.4, -0.2) is 23.8 Å². The largest absolute Gasteiger partial charge is 0.495 e. The first-order valence-electron chi connectivity index (χ1n) is 4.00. The lowest BCUT2D eigenvalue weighted by Crippen LogP contribution is -2.34. The smallest absolute Gasteiger partial charge is 0.493 e. The van der Waals surface area contributed by atoms with Crippen molar-refractivity contribution >= 4 is 12.6 Å². The van der Waals surface area contributed by atoms with Crippen molar-refractivity contribution in [2.75, 3.05) is 6.61 Å². The van der Waals surface area contributed by atoms with Crippen LogP contribution in [0.2, 0.25) is 0 Å². The van der Waals surface area contributed by atoms with E-state index in [0.29, 0.717) is 13.0 Å². The predicted octanol–water partition coefficient (Wildman–Crippen LogP) is -0.560. The molecule has 1 aliphatic rings. The SMILES string of the molecule is OB(O)c1c(F)ccc2c1OCC2. The van der Waals surface area contributed by atoms with Gasteiger partial charge in [0.05, 0.1) is 12.1 Å². The Morgan fingerprint density at radius 2 is 2.15 bits per heavy atom. The summed E-state index contributed by atoms with van der Waals surface area (Å²) in [6.07, 6.45) is 0.690. The van der Waals surface area contributed by atoms with E-state index in [1.807, 2.05) is 0 Å². The molecule has 3 nitrogen and oxygen atoms in total. The van der Waals surface area contributed by atoms with Crippen molar-refractivity contribution < 1.29 is 19.2 Å². The molecule has 1 heterocycles. The molecule has 0 unspecified atom stereocenters. The third-order valence-corrected chi connectivity index (χ3v) is 2.10. The fourth-order valence-corrected chi connectivity index (χ4v) is 1.49. The number of hydrogen-bond acceptors (Lipinski definition) is 3. The molecule has 0 radical (unpaired) electrons. The predicted molar refractivity (Wildman–Crippen MR) is 45.4 cm³/mol. The first-order valence-corrected chi connectivity index (χ1v) is 4.00. The molecule has 0 atom stereocenters. The van der Waals surface area contributed by atoms with Gasteiger partial charge in [-0.2, -0.15) is 0 Å². The summed E-state index contributed by atoms with van der Waals surface area (Å²) in [6.45, 7) is 0.471. The summed E-state index contributed by atoms with van der Waals surface area (Å²) in [6, 6.07) is 2.83. The molecule has 0 bridgehead atoms. The van der Waals surface area contributed by atoms with E-state index in [9.17, 15) is 4.39 Å². The van der Waals surface area contributed by atoms with Crippen LogP contribution in [0, 0.1) is 5.82 Å². The molecule has 5 heteroatoms. The number of halogens is 1. The van der Waals surface area contributed by atoms with Crippen LogP contribution in [0.1, 0.15) is 5.56 Å². The molecular weight excluding hydrogens is 174 g/mol. The van der Waals surface area contributed by atoms with E-state index in [4.69, 9.17) is 14.8 Å². The van der Waals surface area contributed by atoms with Crippen molar-refractivity contribution in [1.82, 2.24) is 0 Å². The van der Waals surface area contributed by atoms with E-state index in [0.717, 1.165) is 5.56 Å². The molecule has 1 aromatic carbocycles. The molecule has 1 aromatic rings. The number of ether oxygens (including phenoxy) is 1. The van der Waals surface area contributed by atoms with Crippen LogP contribution >= 0.6 is 0 Å². The monoisotopic (exact) mass is 182 g/mol. The van der Waals surface area contributed by atoms with Crippen LogP contribution in [0.4, 0.5) is 4.39 Å². The minimum absolute atomic E-state index is 0.157. The quantitative estimate of drug-likeness (QED) is 0.572. The van der Waals surface area contributed by atoms with Crippen LogP contribution in [-0.2, 0) is 6.42 Å². The third-order valence-electron chi connectivity index (χ3n) is 2.10. The molecule has 1 aliphatic heterocycles. The Labute approximate surface area is 74.9 Å². The zero-order valence-corrected chi connectivity index (χ0v) is 6.83. The second-order valence-corrected chi connectivity index (χ2v) is 2.92. The van der Waals surface area contributed by atoms with Gasteiger partial charge < -0.3 is 14.8 Å². The maximum atomic E-state index is 13.1. The molecule has 0 fully saturated rings. The maximum Gasteiger partial charge on any atom is 0.495 e. The molecule has 2 rings (SSSR count). The van der Waals surface area contributed by atoms with Gasteiger partial charge >= 0.3 is 7.12 Å². The average molecular weight is 182 g/mol. The highest BCUT2D eigenvalue weighted by atomic mass is 19.1. The summed E-state index contributed by atoms with van der Waals surface area (Å²) in [5, 5.41) is 17.8. The van der Waals surface area contributed by atoms with Crippen molar-refractivity contribution in [3.8, 4) is 5.75 Å². The molecule has 0 spiro atoms. The molecule has 13 heavy (non-hydrogen) atoms. The van der Waals surface area contributed by atoms with Crippen LogP contribution in [0.25, 0.3) is 0 Å². The second-order valence-electron chi connectivity index (χ2n) is 2.92. The van der Waals surface area contributed by atoms with Gasteiger partial charge in [-0.3, -0.25) is 0 Å². The van der Waals surface area contributed by atoms with E-state index >= 15 is 0 Å². The Kier molecular flexibility index (Phi) is 1.98. The number of hydrogen-bond donors (Lipinski definition) is 2. The van der Waals surface area contributed by atoms with Gasteiger partial charge in [0.1, 0.15) is 11.6 Å². The summed E-state index contributed by atoms with van der Waals surface area (Å²) in [5.41, 5.74) is 0.666. The van der Waals surface area contributed by atoms with Gasteiger partial charge in [-0.1, -0.05) is 6.07 Å². The lowest BCUT2D eigenvalue weighted by Gasteiger charge is -2.07. The average Bonchev–Trinajstić information content (AvgIpc) is 2.50. The van der Waals surface area contributed by atoms with E-state index in [1.165, 1.54) is 6.07 Å².